The summed E-state index contributed by atoms with van der Waals surface area (Å²) in [6.07, 6.45) is 2.33. The molecule has 0 bridgehead atoms. The van der Waals surface area contributed by atoms with Crippen LogP contribution in [0.5, 0.6) is 0 Å². The van der Waals surface area contributed by atoms with E-state index < -0.39 is 10.9 Å². The van der Waals surface area contributed by atoms with E-state index in [1.165, 1.54) is 0 Å². The molecule has 0 spiro atoms. The van der Waals surface area contributed by atoms with Crippen molar-refractivity contribution in [2.24, 2.45) is 0 Å². The summed E-state index contributed by atoms with van der Waals surface area (Å²) in [5, 5.41) is 23.4. The number of unbranched alkanes of at least 4 members (excludes halogenated alkanes) is 2. The van der Waals surface area contributed by atoms with Crippen LogP contribution in [0.3, 0.4) is 0 Å². The molecule has 1 aromatic heterocycles. The van der Waals surface area contributed by atoms with Crippen molar-refractivity contribution in [1.82, 2.24) is 9.78 Å². The predicted octanol–water partition coefficient (Wildman–Crippen LogP) is 2.05. The summed E-state index contributed by atoms with van der Waals surface area (Å²) >= 11 is 0. The third kappa shape index (κ3) is 3.54. The number of carboxylic acids is 1. The van der Waals surface area contributed by atoms with Gasteiger partial charge < -0.3 is 5.11 Å². The van der Waals surface area contributed by atoms with Gasteiger partial charge in [-0.15, -0.1) is 0 Å². The Morgan fingerprint density at radius 3 is 2.56 bits per heavy atom. The first kappa shape index (κ1) is 14.1. The summed E-state index contributed by atoms with van der Waals surface area (Å²) < 4.78 is 1.62. The van der Waals surface area contributed by atoms with Gasteiger partial charge in [-0.25, -0.2) is 0 Å². The van der Waals surface area contributed by atoms with Crippen LogP contribution in [-0.2, 0) is 11.3 Å². The number of hydrogen-bond acceptors (Lipinski definition) is 4. The molecule has 7 nitrogen and oxygen atoms in total. The monoisotopic (exact) mass is 255 g/mol. The lowest BCUT2D eigenvalue weighted by molar-refractivity contribution is -0.386. The summed E-state index contributed by atoms with van der Waals surface area (Å²) in [6, 6.07) is 0. The summed E-state index contributed by atoms with van der Waals surface area (Å²) in [7, 11) is 0. The Morgan fingerprint density at radius 2 is 2.06 bits per heavy atom. The highest BCUT2D eigenvalue weighted by Gasteiger charge is 2.21. The lowest BCUT2D eigenvalue weighted by Gasteiger charge is -2.02. The van der Waals surface area contributed by atoms with Gasteiger partial charge in [0, 0.05) is 13.0 Å². The molecule has 1 aromatic rings. The van der Waals surface area contributed by atoms with Gasteiger partial charge in [-0.1, -0.05) is 6.42 Å². The predicted molar refractivity (Wildman–Crippen MR) is 64.5 cm³/mol. The third-order valence-corrected chi connectivity index (χ3v) is 2.79. The smallest absolute Gasteiger partial charge is 0.312 e. The van der Waals surface area contributed by atoms with Crippen molar-refractivity contribution < 1.29 is 14.8 Å². The Hall–Kier alpha value is -1.92. The van der Waals surface area contributed by atoms with Crippen LogP contribution in [0, 0.1) is 24.0 Å². The first-order chi connectivity index (χ1) is 8.43. The van der Waals surface area contributed by atoms with E-state index in [-0.39, 0.29) is 12.1 Å². The number of aromatic nitrogens is 2. The summed E-state index contributed by atoms with van der Waals surface area (Å²) in [6.45, 7) is 3.88. The van der Waals surface area contributed by atoms with Crippen LogP contribution in [0.1, 0.15) is 37.1 Å². The van der Waals surface area contributed by atoms with Gasteiger partial charge in [0.15, 0.2) is 0 Å². The quantitative estimate of drug-likeness (QED) is 0.456. The SMILES string of the molecule is Cc1nn(CCCCCC(=O)O)c(C)c1[N+](=O)[O-]. The molecule has 0 aromatic carbocycles. The van der Waals surface area contributed by atoms with Gasteiger partial charge in [-0.3, -0.25) is 19.6 Å². The van der Waals surface area contributed by atoms with Crippen LogP contribution in [0.15, 0.2) is 0 Å². The van der Waals surface area contributed by atoms with Crippen LogP contribution >= 0.6 is 0 Å². The molecule has 0 saturated carbocycles. The molecule has 18 heavy (non-hydrogen) atoms. The molecule has 0 fully saturated rings. The molecule has 0 radical (unpaired) electrons. The molecule has 0 atom stereocenters. The van der Waals surface area contributed by atoms with Gasteiger partial charge in [0.1, 0.15) is 11.4 Å². The van der Waals surface area contributed by atoms with Crippen molar-refractivity contribution in [2.45, 2.75) is 46.1 Å². The second-order valence-electron chi connectivity index (χ2n) is 4.20. The lowest BCUT2D eigenvalue weighted by Crippen LogP contribution is -2.03. The fourth-order valence-electron chi connectivity index (χ4n) is 1.88. The number of hydrogen-bond donors (Lipinski definition) is 1. The number of nitrogens with zero attached hydrogens (tertiary/aromatic N) is 3. The van der Waals surface area contributed by atoms with E-state index in [4.69, 9.17) is 5.11 Å². The maximum atomic E-state index is 10.8. The highest BCUT2D eigenvalue weighted by molar-refractivity contribution is 5.66. The van der Waals surface area contributed by atoms with Crippen molar-refractivity contribution in [3.8, 4) is 0 Å². The minimum absolute atomic E-state index is 0.0699. The topological polar surface area (TPSA) is 98.3 Å². The van der Waals surface area contributed by atoms with Crippen LogP contribution in [0.4, 0.5) is 5.69 Å². The molecule has 1 rings (SSSR count). The zero-order chi connectivity index (χ0) is 13.7. The van der Waals surface area contributed by atoms with Gasteiger partial charge in [0.25, 0.3) is 0 Å². The van der Waals surface area contributed by atoms with E-state index in [0.717, 1.165) is 12.8 Å². The average molecular weight is 255 g/mol. The fraction of sp³-hybridized carbons (Fsp3) is 0.636. The molecule has 0 saturated heterocycles. The highest BCUT2D eigenvalue weighted by Crippen LogP contribution is 2.22. The molecule has 0 aliphatic carbocycles. The Labute approximate surface area is 105 Å². The van der Waals surface area contributed by atoms with Gasteiger partial charge in [-0.2, -0.15) is 5.10 Å². The second-order valence-corrected chi connectivity index (χ2v) is 4.20. The zero-order valence-corrected chi connectivity index (χ0v) is 10.5. The van der Waals surface area contributed by atoms with E-state index in [1.807, 2.05) is 0 Å². The first-order valence-electron chi connectivity index (χ1n) is 5.83. The minimum Gasteiger partial charge on any atom is -0.481 e. The maximum absolute atomic E-state index is 10.8. The summed E-state index contributed by atoms with van der Waals surface area (Å²) in [5.41, 5.74) is 1.04. The van der Waals surface area contributed by atoms with Crippen molar-refractivity contribution in [2.75, 3.05) is 0 Å². The van der Waals surface area contributed by atoms with Crippen LogP contribution in [0.2, 0.25) is 0 Å². The van der Waals surface area contributed by atoms with E-state index in [1.54, 1.807) is 18.5 Å². The van der Waals surface area contributed by atoms with Gasteiger partial charge in [0.05, 0.1) is 4.92 Å². The van der Waals surface area contributed by atoms with Gasteiger partial charge in [0.2, 0.25) is 0 Å². The van der Waals surface area contributed by atoms with E-state index in [2.05, 4.69) is 5.10 Å². The number of carboxylic acid groups (broad SMARTS) is 1. The third-order valence-electron chi connectivity index (χ3n) is 2.79. The lowest BCUT2D eigenvalue weighted by atomic mass is 10.2. The highest BCUT2D eigenvalue weighted by atomic mass is 16.6. The van der Waals surface area contributed by atoms with Crippen molar-refractivity contribution in [3.05, 3.63) is 21.5 Å². The van der Waals surface area contributed by atoms with E-state index >= 15 is 0 Å². The van der Waals surface area contributed by atoms with Crippen LogP contribution < -0.4 is 0 Å². The maximum Gasteiger partial charge on any atom is 0.312 e. The molecule has 100 valence electrons. The summed E-state index contributed by atoms with van der Waals surface area (Å²) in [5.74, 6) is -0.795. The first-order valence-corrected chi connectivity index (χ1v) is 5.83. The molecular weight excluding hydrogens is 238 g/mol. The fourth-order valence-corrected chi connectivity index (χ4v) is 1.88. The molecule has 0 aliphatic heterocycles. The number of aryl methyl sites for hydroxylation is 2. The van der Waals surface area contributed by atoms with Crippen molar-refractivity contribution in [3.63, 3.8) is 0 Å². The van der Waals surface area contributed by atoms with E-state index in [9.17, 15) is 14.9 Å². The van der Waals surface area contributed by atoms with Crippen LogP contribution in [-0.4, -0.2) is 25.8 Å². The Kier molecular flexibility index (Phi) is 4.82. The molecule has 0 amide bonds. The largest absolute Gasteiger partial charge is 0.481 e. The Bertz CT molecular complexity index is 453. The second kappa shape index (κ2) is 6.13. The number of aliphatic carboxylic acids is 1. The van der Waals surface area contributed by atoms with Gasteiger partial charge >= 0.3 is 11.7 Å². The molecule has 0 aliphatic rings. The van der Waals surface area contributed by atoms with Crippen LogP contribution in [0.25, 0.3) is 0 Å². The average Bonchev–Trinajstić information content (AvgIpc) is 2.53. The van der Waals surface area contributed by atoms with E-state index in [0.29, 0.717) is 24.4 Å². The van der Waals surface area contributed by atoms with Crippen molar-refractivity contribution >= 4 is 11.7 Å². The number of nitro groups is 1. The van der Waals surface area contributed by atoms with Gasteiger partial charge in [-0.05, 0) is 26.7 Å². The Morgan fingerprint density at radius 1 is 1.39 bits per heavy atom. The normalized spacial score (nSPS) is 10.6. The van der Waals surface area contributed by atoms with Crippen molar-refractivity contribution in [1.29, 1.82) is 0 Å². The number of rotatable bonds is 7. The number of carbonyl (C=O) groups is 1. The minimum atomic E-state index is -0.795. The Balaban J connectivity index is 2.51. The molecular formula is C11H17N3O4. The zero-order valence-electron chi connectivity index (χ0n) is 10.5. The molecule has 7 heteroatoms. The molecule has 0 unspecified atom stereocenters. The molecule has 1 heterocycles. The standard InChI is InChI=1S/C11H17N3O4/c1-8-11(14(17)18)9(2)13(12-8)7-5-3-4-6-10(15)16/h3-7H2,1-2H3,(H,15,16). The summed E-state index contributed by atoms with van der Waals surface area (Å²) in [4.78, 5) is 20.7. The molecule has 1 N–H and O–H groups in total.